The van der Waals surface area contributed by atoms with E-state index in [1.807, 2.05) is 0 Å². The van der Waals surface area contributed by atoms with Crippen LogP contribution in [0.15, 0.2) is 29.3 Å². The summed E-state index contributed by atoms with van der Waals surface area (Å²) in [5.74, 6) is 0. The Bertz CT molecular complexity index is 659. The van der Waals surface area contributed by atoms with Crippen LogP contribution in [0.25, 0.3) is 10.9 Å². The molecule has 2 aliphatic rings. The third kappa shape index (κ3) is 1.80. The van der Waals surface area contributed by atoms with Crippen molar-refractivity contribution >= 4 is 29.0 Å². The molecule has 0 radical (unpaired) electrons. The lowest BCUT2D eigenvalue weighted by Gasteiger charge is -2.16. The number of nitrogens with zero attached hydrogens (tertiary/aromatic N) is 2. The Balaban J connectivity index is 0.00000110. The molecule has 0 saturated carbocycles. The third-order valence-corrected chi connectivity index (χ3v) is 4.08. The van der Waals surface area contributed by atoms with Crippen molar-refractivity contribution in [2.75, 3.05) is 6.54 Å². The van der Waals surface area contributed by atoms with Gasteiger partial charge in [0.15, 0.2) is 0 Å². The van der Waals surface area contributed by atoms with Crippen molar-refractivity contribution in [1.29, 1.82) is 0 Å². The van der Waals surface area contributed by atoms with Crippen molar-refractivity contribution in [3.05, 3.63) is 35.5 Å². The number of hydrogen-bond acceptors (Lipinski definition) is 2. The molecule has 0 saturated heterocycles. The van der Waals surface area contributed by atoms with Crippen molar-refractivity contribution < 1.29 is 5.11 Å². The normalized spacial score (nSPS) is 21.3. The van der Waals surface area contributed by atoms with Gasteiger partial charge in [0.25, 0.3) is 0 Å². The molecule has 1 aliphatic carbocycles. The van der Waals surface area contributed by atoms with Gasteiger partial charge in [-0.05, 0) is 30.9 Å². The van der Waals surface area contributed by atoms with Gasteiger partial charge in [-0.3, -0.25) is 4.99 Å². The van der Waals surface area contributed by atoms with Crippen LogP contribution in [0.5, 0.6) is 0 Å². The van der Waals surface area contributed by atoms with Gasteiger partial charge in [0.1, 0.15) is 0 Å². The predicted octanol–water partition coefficient (Wildman–Crippen LogP) is 2.56. The highest BCUT2D eigenvalue weighted by atomic mass is 35.5. The zero-order valence-electron chi connectivity index (χ0n) is 10.7. The van der Waals surface area contributed by atoms with E-state index in [0.29, 0.717) is 13.1 Å². The van der Waals surface area contributed by atoms with Crippen LogP contribution < -0.4 is 0 Å². The molecule has 1 aromatic carbocycles. The summed E-state index contributed by atoms with van der Waals surface area (Å²) in [5.41, 5.74) is 5.17. The van der Waals surface area contributed by atoms with Crippen LogP contribution in [0.1, 0.15) is 24.1 Å². The molecular formula is C15H17ClN2O. The largest absolute Gasteiger partial charge is 0.389 e. The van der Waals surface area contributed by atoms with E-state index in [1.54, 1.807) is 0 Å². The van der Waals surface area contributed by atoms with Crippen molar-refractivity contribution in [2.45, 2.75) is 31.9 Å². The summed E-state index contributed by atoms with van der Waals surface area (Å²) in [5, 5.41) is 11.4. The average molecular weight is 277 g/mol. The first-order valence-corrected chi connectivity index (χ1v) is 6.66. The summed E-state index contributed by atoms with van der Waals surface area (Å²) in [7, 11) is 0. The van der Waals surface area contributed by atoms with Gasteiger partial charge in [0, 0.05) is 10.9 Å². The molecule has 100 valence electrons. The SMILES string of the molecule is Cl.OC1CN=C2CCCc3c2n(c2ccccc32)C1. The molecule has 2 heterocycles. The fourth-order valence-electron chi connectivity index (χ4n) is 3.34. The smallest absolute Gasteiger partial charge is 0.0914 e. The molecule has 1 aromatic heterocycles. The first kappa shape index (κ1) is 12.7. The quantitative estimate of drug-likeness (QED) is 0.789. The molecule has 3 nitrogen and oxygen atoms in total. The number of rotatable bonds is 0. The zero-order valence-corrected chi connectivity index (χ0v) is 11.5. The van der Waals surface area contributed by atoms with E-state index in [1.165, 1.54) is 34.3 Å². The lowest BCUT2D eigenvalue weighted by atomic mass is 9.94. The monoisotopic (exact) mass is 276 g/mol. The first-order chi connectivity index (χ1) is 8.84. The maximum atomic E-state index is 10.0. The molecule has 19 heavy (non-hydrogen) atoms. The van der Waals surface area contributed by atoms with Crippen molar-refractivity contribution in [3.63, 3.8) is 0 Å². The summed E-state index contributed by atoms with van der Waals surface area (Å²) in [4.78, 5) is 4.62. The molecule has 0 fully saturated rings. The minimum atomic E-state index is -0.358. The van der Waals surface area contributed by atoms with E-state index in [9.17, 15) is 5.11 Å². The van der Waals surface area contributed by atoms with E-state index < -0.39 is 0 Å². The lowest BCUT2D eigenvalue weighted by Crippen LogP contribution is -2.18. The molecule has 2 aromatic rings. The van der Waals surface area contributed by atoms with Crippen molar-refractivity contribution in [2.24, 2.45) is 4.99 Å². The second-order valence-electron chi connectivity index (χ2n) is 5.25. The predicted molar refractivity (Wildman–Crippen MR) is 79.5 cm³/mol. The number of para-hydroxylation sites is 1. The number of aliphatic hydroxyl groups excluding tert-OH is 1. The minimum absolute atomic E-state index is 0. The van der Waals surface area contributed by atoms with Crippen LogP contribution in [0.3, 0.4) is 0 Å². The van der Waals surface area contributed by atoms with E-state index in [4.69, 9.17) is 0 Å². The Morgan fingerprint density at radius 2 is 2.05 bits per heavy atom. The molecule has 1 N–H and O–H groups in total. The average Bonchev–Trinajstić information content (AvgIpc) is 2.61. The first-order valence-electron chi connectivity index (χ1n) is 6.66. The maximum absolute atomic E-state index is 10.0. The van der Waals surface area contributed by atoms with E-state index in [2.05, 4.69) is 33.8 Å². The number of aromatic nitrogens is 1. The lowest BCUT2D eigenvalue weighted by molar-refractivity contribution is 0.166. The van der Waals surface area contributed by atoms with Crippen LogP contribution in [-0.4, -0.2) is 28.0 Å². The highest BCUT2D eigenvalue weighted by molar-refractivity contribution is 6.07. The highest BCUT2D eigenvalue weighted by Gasteiger charge is 2.27. The van der Waals surface area contributed by atoms with Gasteiger partial charge in [-0.25, -0.2) is 0 Å². The van der Waals surface area contributed by atoms with Crippen LogP contribution in [0.2, 0.25) is 0 Å². The Labute approximate surface area is 118 Å². The third-order valence-electron chi connectivity index (χ3n) is 4.08. The standard InChI is InChI=1S/C15H16N2O.ClH/c18-10-8-16-13-6-3-5-12-11-4-1-2-7-14(11)17(9-10)15(12)13;/h1-2,4,7,10,18H,3,5-6,8-9H2;1H. The van der Waals surface area contributed by atoms with E-state index in [-0.39, 0.29) is 18.5 Å². The van der Waals surface area contributed by atoms with Crippen molar-refractivity contribution in [3.8, 4) is 0 Å². The maximum Gasteiger partial charge on any atom is 0.0914 e. The van der Waals surface area contributed by atoms with Gasteiger partial charge in [-0.15, -0.1) is 12.4 Å². The minimum Gasteiger partial charge on any atom is -0.389 e. The molecule has 0 bridgehead atoms. The fourth-order valence-corrected chi connectivity index (χ4v) is 3.34. The van der Waals surface area contributed by atoms with Crippen LogP contribution >= 0.6 is 12.4 Å². The Morgan fingerprint density at radius 3 is 2.95 bits per heavy atom. The number of benzene rings is 1. The second-order valence-corrected chi connectivity index (χ2v) is 5.25. The fraction of sp³-hybridized carbons (Fsp3) is 0.400. The van der Waals surface area contributed by atoms with Gasteiger partial charge < -0.3 is 9.67 Å². The summed E-state index contributed by atoms with van der Waals surface area (Å²) in [6.45, 7) is 1.22. The van der Waals surface area contributed by atoms with Crippen LogP contribution in [0.4, 0.5) is 0 Å². The molecule has 0 amide bonds. The molecule has 0 spiro atoms. The summed E-state index contributed by atoms with van der Waals surface area (Å²) >= 11 is 0. The Morgan fingerprint density at radius 1 is 1.21 bits per heavy atom. The van der Waals surface area contributed by atoms with Gasteiger partial charge in [-0.2, -0.15) is 0 Å². The Kier molecular flexibility index (Phi) is 3.11. The molecule has 1 aliphatic heterocycles. The van der Waals surface area contributed by atoms with Gasteiger partial charge in [-0.1, -0.05) is 18.2 Å². The number of hydrogen-bond donors (Lipinski definition) is 1. The number of halogens is 1. The number of aliphatic hydroxyl groups is 1. The summed E-state index contributed by atoms with van der Waals surface area (Å²) in [6, 6.07) is 8.52. The number of aryl methyl sites for hydroxylation is 1. The Hall–Kier alpha value is -1.32. The van der Waals surface area contributed by atoms with Crippen LogP contribution in [0, 0.1) is 0 Å². The number of fused-ring (bicyclic) bond motifs is 3. The molecule has 4 heteroatoms. The zero-order chi connectivity index (χ0) is 12.1. The summed E-state index contributed by atoms with van der Waals surface area (Å²) in [6.07, 6.45) is 3.01. The molecule has 1 atom stereocenters. The topological polar surface area (TPSA) is 37.5 Å². The molecule has 1 unspecified atom stereocenters. The van der Waals surface area contributed by atoms with Gasteiger partial charge in [0.05, 0.1) is 30.6 Å². The van der Waals surface area contributed by atoms with Crippen LogP contribution in [-0.2, 0) is 13.0 Å². The van der Waals surface area contributed by atoms with E-state index in [0.717, 1.165) is 12.8 Å². The van der Waals surface area contributed by atoms with Crippen molar-refractivity contribution in [1.82, 2.24) is 4.57 Å². The molecular weight excluding hydrogens is 260 g/mol. The summed E-state index contributed by atoms with van der Waals surface area (Å²) < 4.78 is 2.28. The highest BCUT2D eigenvalue weighted by Crippen LogP contribution is 2.33. The second kappa shape index (κ2) is 4.66. The van der Waals surface area contributed by atoms with E-state index >= 15 is 0 Å². The van der Waals surface area contributed by atoms with Gasteiger partial charge in [0.2, 0.25) is 0 Å². The number of aliphatic imine (C=N–C) groups is 1. The van der Waals surface area contributed by atoms with Gasteiger partial charge >= 0.3 is 0 Å². The molecule has 4 rings (SSSR count).